The van der Waals surface area contributed by atoms with Gasteiger partial charge < -0.3 is 19.9 Å². The smallest absolute Gasteiger partial charge is 0.404 e. The van der Waals surface area contributed by atoms with Crippen molar-refractivity contribution in [1.29, 1.82) is 0 Å². The minimum absolute atomic E-state index is 0.0121. The molecule has 1 amide bonds. The topological polar surface area (TPSA) is 80.7 Å². The molecule has 1 aromatic heterocycles. The molecular weight excluding hydrogens is 351 g/mol. The molecule has 0 radical (unpaired) electrons. The number of hydrogen-bond acceptors (Lipinski definition) is 4. The number of benzene rings is 1. The normalized spacial score (nSPS) is 16.5. The van der Waals surface area contributed by atoms with Crippen LogP contribution in [0.1, 0.15) is 38.9 Å². The predicted octanol–water partition coefficient (Wildman–Crippen LogP) is 4.36. The van der Waals surface area contributed by atoms with Gasteiger partial charge in [-0.15, -0.1) is 0 Å². The second-order valence-corrected chi connectivity index (χ2v) is 7.26. The third kappa shape index (κ3) is 4.67. The van der Waals surface area contributed by atoms with Gasteiger partial charge in [-0.1, -0.05) is 0 Å². The lowest BCUT2D eigenvalue weighted by Gasteiger charge is -2.27. The number of pyridine rings is 1. The van der Waals surface area contributed by atoms with E-state index >= 15 is 0 Å². The Hall–Kier alpha value is -2.83. The van der Waals surface area contributed by atoms with Crippen LogP contribution in [-0.2, 0) is 0 Å². The van der Waals surface area contributed by atoms with E-state index in [0.29, 0.717) is 11.5 Å². The van der Waals surface area contributed by atoms with E-state index in [1.165, 1.54) is 13.8 Å². The molecule has 1 aliphatic rings. The van der Waals surface area contributed by atoms with E-state index in [0.717, 1.165) is 16.7 Å². The van der Waals surface area contributed by atoms with Crippen LogP contribution in [0.2, 0.25) is 0 Å². The number of amides is 1. The van der Waals surface area contributed by atoms with Crippen LogP contribution in [0.15, 0.2) is 36.7 Å². The summed E-state index contributed by atoms with van der Waals surface area (Å²) in [6.07, 6.45) is 2.21. The summed E-state index contributed by atoms with van der Waals surface area (Å²) in [5, 5.41) is 11.2. The van der Waals surface area contributed by atoms with Crippen LogP contribution in [0.4, 0.5) is 9.18 Å². The van der Waals surface area contributed by atoms with Crippen LogP contribution in [0, 0.1) is 0 Å². The molecule has 1 aromatic carbocycles. The molecule has 0 saturated carbocycles. The van der Waals surface area contributed by atoms with Gasteiger partial charge in [0.25, 0.3) is 0 Å². The Labute approximate surface area is 157 Å². The fourth-order valence-electron chi connectivity index (χ4n) is 3.25. The van der Waals surface area contributed by atoms with Gasteiger partial charge in [0, 0.05) is 36.0 Å². The van der Waals surface area contributed by atoms with Crippen molar-refractivity contribution in [2.45, 2.75) is 45.0 Å². The van der Waals surface area contributed by atoms with E-state index in [9.17, 15) is 9.18 Å². The summed E-state index contributed by atoms with van der Waals surface area (Å²) in [5.74, 6) is 1.22. The molecule has 2 unspecified atom stereocenters. The summed E-state index contributed by atoms with van der Waals surface area (Å²) < 4.78 is 25.6. The molecule has 0 aliphatic carbocycles. The van der Waals surface area contributed by atoms with Crippen molar-refractivity contribution in [3.63, 3.8) is 0 Å². The molecule has 2 heterocycles. The molecule has 27 heavy (non-hydrogen) atoms. The highest BCUT2D eigenvalue weighted by Crippen LogP contribution is 2.43. The first-order chi connectivity index (χ1) is 12.7. The van der Waals surface area contributed by atoms with E-state index in [2.05, 4.69) is 10.3 Å². The van der Waals surface area contributed by atoms with Gasteiger partial charge >= 0.3 is 6.09 Å². The predicted molar refractivity (Wildman–Crippen MR) is 99.0 cm³/mol. The molecule has 1 aliphatic heterocycles. The highest BCUT2D eigenvalue weighted by molar-refractivity contribution is 5.76. The van der Waals surface area contributed by atoms with Crippen molar-refractivity contribution >= 4 is 6.09 Å². The van der Waals surface area contributed by atoms with E-state index in [1.807, 2.05) is 19.1 Å². The van der Waals surface area contributed by atoms with Crippen molar-refractivity contribution < 1.29 is 23.8 Å². The van der Waals surface area contributed by atoms with Gasteiger partial charge in [0.15, 0.2) is 0 Å². The Bertz CT molecular complexity index is 835. The Morgan fingerprint density at radius 3 is 2.89 bits per heavy atom. The lowest BCUT2D eigenvalue weighted by molar-refractivity contribution is 0.141. The highest BCUT2D eigenvalue weighted by atomic mass is 19.1. The third-order valence-electron chi connectivity index (χ3n) is 4.35. The number of rotatable bonds is 6. The average Bonchev–Trinajstić information content (AvgIpc) is 2.58. The summed E-state index contributed by atoms with van der Waals surface area (Å²) in [7, 11) is 0. The average molecular weight is 374 g/mol. The fraction of sp³-hybridized carbons (Fsp3) is 0.400. The summed E-state index contributed by atoms with van der Waals surface area (Å²) in [6, 6.07) is 6.75. The monoisotopic (exact) mass is 374 g/mol. The molecule has 0 spiro atoms. The maximum Gasteiger partial charge on any atom is 0.404 e. The lowest BCUT2D eigenvalue weighted by atomic mass is 9.95. The first-order valence-corrected chi connectivity index (χ1v) is 8.79. The number of fused-ring (bicyclic) bond motifs is 3. The van der Waals surface area contributed by atoms with Gasteiger partial charge in [-0.3, -0.25) is 4.98 Å². The molecule has 6 nitrogen and oxygen atoms in total. The van der Waals surface area contributed by atoms with E-state index in [4.69, 9.17) is 14.6 Å². The van der Waals surface area contributed by atoms with Crippen LogP contribution in [0.25, 0.3) is 11.1 Å². The second-order valence-electron chi connectivity index (χ2n) is 7.26. The molecule has 3 rings (SSSR count). The summed E-state index contributed by atoms with van der Waals surface area (Å²) >= 11 is 0. The van der Waals surface area contributed by atoms with Crippen LogP contribution in [0.3, 0.4) is 0 Å². The number of aromatic nitrogens is 1. The summed E-state index contributed by atoms with van der Waals surface area (Å²) in [4.78, 5) is 15.1. The SMILES string of the molecule is CC1Oc2cc(OCC(CC(C)(C)F)NC(=O)O)ccc2-c2ccncc21. The second kappa shape index (κ2) is 7.42. The van der Waals surface area contributed by atoms with Gasteiger partial charge in [-0.25, -0.2) is 9.18 Å². The zero-order valence-corrected chi connectivity index (χ0v) is 15.5. The zero-order chi connectivity index (χ0) is 19.6. The molecular formula is C20H23FN2O4. The number of halogens is 1. The standard InChI is InChI=1S/C20H23FN2O4/c1-12-17-10-22-7-6-15(17)16-5-4-14(8-18(16)27-12)26-11-13(23-19(24)25)9-20(2,3)21/h4-8,10,12-13,23H,9,11H2,1-3H3,(H,24,25). The molecule has 0 fully saturated rings. The minimum Gasteiger partial charge on any atom is -0.491 e. The molecule has 7 heteroatoms. The number of nitrogens with one attached hydrogen (secondary N) is 1. The Morgan fingerprint density at radius 1 is 1.41 bits per heavy atom. The van der Waals surface area contributed by atoms with E-state index < -0.39 is 17.8 Å². The quantitative estimate of drug-likeness (QED) is 0.785. The number of hydrogen-bond donors (Lipinski definition) is 2. The van der Waals surface area contributed by atoms with Crippen molar-refractivity contribution in [3.05, 3.63) is 42.2 Å². The van der Waals surface area contributed by atoms with Crippen molar-refractivity contribution in [2.24, 2.45) is 0 Å². The molecule has 2 atom stereocenters. The van der Waals surface area contributed by atoms with Crippen LogP contribution >= 0.6 is 0 Å². The Balaban J connectivity index is 1.76. The maximum atomic E-state index is 13.9. The van der Waals surface area contributed by atoms with Crippen LogP contribution < -0.4 is 14.8 Å². The van der Waals surface area contributed by atoms with Crippen LogP contribution in [0.5, 0.6) is 11.5 Å². The Morgan fingerprint density at radius 2 is 2.19 bits per heavy atom. The first-order valence-electron chi connectivity index (χ1n) is 8.79. The van der Waals surface area contributed by atoms with Crippen molar-refractivity contribution in [3.8, 4) is 22.6 Å². The van der Waals surface area contributed by atoms with E-state index in [-0.39, 0.29) is 19.1 Å². The van der Waals surface area contributed by atoms with Gasteiger partial charge in [0.05, 0.1) is 6.04 Å². The number of ether oxygens (including phenoxy) is 2. The number of alkyl halides is 1. The van der Waals surface area contributed by atoms with Gasteiger partial charge in [0.2, 0.25) is 0 Å². The Kier molecular flexibility index (Phi) is 5.21. The fourth-order valence-corrected chi connectivity index (χ4v) is 3.25. The zero-order valence-electron chi connectivity index (χ0n) is 15.5. The molecule has 144 valence electrons. The number of nitrogens with zero attached hydrogens (tertiary/aromatic N) is 1. The number of carboxylic acid groups (broad SMARTS) is 1. The number of carbonyl (C=O) groups is 1. The first kappa shape index (κ1) is 18.9. The molecule has 2 N–H and O–H groups in total. The molecule has 0 bridgehead atoms. The highest BCUT2D eigenvalue weighted by Gasteiger charge is 2.26. The van der Waals surface area contributed by atoms with Gasteiger partial charge in [-0.2, -0.15) is 0 Å². The summed E-state index contributed by atoms with van der Waals surface area (Å²) in [5.41, 5.74) is 1.52. The molecule has 2 aromatic rings. The van der Waals surface area contributed by atoms with E-state index in [1.54, 1.807) is 24.5 Å². The van der Waals surface area contributed by atoms with Gasteiger partial charge in [0.1, 0.15) is 29.9 Å². The van der Waals surface area contributed by atoms with Gasteiger partial charge in [-0.05, 0) is 44.5 Å². The maximum absolute atomic E-state index is 13.9. The van der Waals surface area contributed by atoms with Crippen molar-refractivity contribution in [1.82, 2.24) is 10.3 Å². The third-order valence-corrected chi connectivity index (χ3v) is 4.35. The largest absolute Gasteiger partial charge is 0.491 e. The van der Waals surface area contributed by atoms with Crippen LogP contribution in [-0.4, -0.2) is 34.5 Å². The van der Waals surface area contributed by atoms with Crippen molar-refractivity contribution in [2.75, 3.05) is 6.61 Å². The minimum atomic E-state index is -1.51. The molecule has 0 saturated heterocycles. The lowest BCUT2D eigenvalue weighted by Crippen LogP contribution is -2.41. The summed E-state index contributed by atoms with van der Waals surface area (Å²) in [6.45, 7) is 4.79.